The molecule has 2 aromatic rings. The molecule has 0 aliphatic carbocycles. The number of non-ortho nitro benzene ring substituents is 1. The molecule has 0 saturated heterocycles. The molecule has 0 heterocycles. The lowest BCUT2D eigenvalue weighted by Crippen LogP contribution is -2.23. The van der Waals surface area contributed by atoms with Gasteiger partial charge in [-0.3, -0.25) is 14.9 Å². The molecule has 0 aliphatic heterocycles. The van der Waals surface area contributed by atoms with Gasteiger partial charge in [-0.25, -0.2) is 4.39 Å². The molecule has 5 nitrogen and oxygen atoms in total. The number of ether oxygens (including phenoxy) is 1. The number of ketones is 1. The van der Waals surface area contributed by atoms with Gasteiger partial charge in [0.2, 0.25) is 5.78 Å². The van der Waals surface area contributed by atoms with Gasteiger partial charge >= 0.3 is 0 Å². The summed E-state index contributed by atoms with van der Waals surface area (Å²) in [5.74, 6) is -0.368. The zero-order valence-corrected chi connectivity index (χ0v) is 11.2. The Hall–Kier alpha value is -2.76. The first-order valence-corrected chi connectivity index (χ1v) is 6.18. The first-order valence-electron chi connectivity index (χ1n) is 6.18. The van der Waals surface area contributed by atoms with Crippen molar-refractivity contribution in [2.75, 3.05) is 0 Å². The first kappa shape index (κ1) is 14.6. The summed E-state index contributed by atoms with van der Waals surface area (Å²) in [4.78, 5) is 22.1. The summed E-state index contributed by atoms with van der Waals surface area (Å²) < 4.78 is 18.2. The van der Waals surface area contributed by atoms with Crippen LogP contribution in [0.5, 0.6) is 5.75 Å². The Kier molecular flexibility index (Phi) is 4.27. The Bertz CT molecular complexity index is 652. The standard InChI is InChI=1S/C15H12FNO4/c1-10(15(18)11-2-4-12(16)5-3-11)21-14-8-6-13(7-9-14)17(19)20/h2-10H,1H3/t10-/m1/s1. The molecular formula is C15H12FNO4. The van der Waals surface area contributed by atoms with E-state index >= 15 is 0 Å². The van der Waals surface area contributed by atoms with E-state index in [9.17, 15) is 19.3 Å². The Balaban J connectivity index is 2.06. The van der Waals surface area contributed by atoms with Crippen LogP contribution < -0.4 is 4.74 Å². The van der Waals surface area contributed by atoms with Gasteiger partial charge in [-0.15, -0.1) is 0 Å². The van der Waals surface area contributed by atoms with Crippen LogP contribution in [-0.4, -0.2) is 16.8 Å². The van der Waals surface area contributed by atoms with E-state index in [1.807, 2.05) is 0 Å². The van der Waals surface area contributed by atoms with E-state index in [0.29, 0.717) is 11.3 Å². The van der Waals surface area contributed by atoms with Crippen LogP contribution in [0, 0.1) is 15.9 Å². The minimum Gasteiger partial charge on any atom is -0.483 e. The predicted molar refractivity (Wildman–Crippen MR) is 73.9 cm³/mol. The van der Waals surface area contributed by atoms with E-state index in [4.69, 9.17) is 4.74 Å². The predicted octanol–water partition coefficient (Wildman–Crippen LogP) is 3.38. The molecule has 0 amide bonds. The van der Waals surface area contributed by atoms with Crippen molar-refractivity contribution in [1.82, 2.24) is 0 Å². The fourth-order valence-corrected chi connectivity index (χ4v) is 1.75. The molecule has 0 aliphatic rings. The molecular weight excluding hydrogens is 277 g/mol. The van der Waals surface area contributed by atoms with E-state index in [-0.39, 0.29) is 11.5 Å². The quantitative estimate of drug-likeness (QED) is 0.480. The minimum atomic E-state index is -0.781. The molecule has 0 bridgehead atoms. The number of hydrogen-bond donors (Lipinski definition) is 0. The fourth-order valence-electron chi connectivity index (χ4n) is 1.75. The second-order valence-electron chi connectivity index (χ2n) is 4.38. The van der Waals surface area contributed by atoms with Gasteiger partial charge in [0.25, 0.3) is 5.69 Å². The Morgan fingerprint density at radius 1 is 1.14 bits per heavy atom. The van der Waals surface area contributed by atoms with E-state index in [0.717, 1.165) is 0 Å². The zero-order valence-electron chi connectivity index (χ0n) is 11.2. The Morgan fingerprint density at radius 3 is 2.24 bits per heavy atom. The third-order valence-corrected chi connectivity index (χ3v) is 2.86. The largest absolute Gasteiger partial charge is 0.483 e. The normalized spacial score (nSPS) is 11.7. The Labute approximate surface area is 120 Å². The van der Waals surface area contributed by atoms with Crippen molar-refractivity contribution < 1.29 is 18.8 Å². The lowest BCUT2D eigenvalue weighted by molar-refractivity contribution is -0.384. The van der Waals surface area contributed by atoms with Crippen LogP contribution in [-0.2, 0) is 0 Å². The summed E-state index contributed by atoms with van der Waals surface area (Å²) in [6.07, 6.45) is -0.781. The molecule has 0 fully saturated rings. The third kappa shape index (κ3) is 3.62. The van der Waals surface area contributed by atoms with Gasteiger partial charge < -0.3 is 4.74 Å². The number of nitrogens with zero attached hydrogens (tertiary/aromatic N) is 1. The SMILES string of the molecule is C[C@@H](Oc1ccc([N+](=O)[O-])cc1)C(=O)c1ccc(F)cc1. The van der Waals surface area contributed by atoms with Crippen molar-refractivity contribution in [2.24, 2.45) is 0 Å². The fraction of sp³-hybridized carbons (Fsp3) is 0.133. The van der Waals surface area contributed by atoms with Crippen LogP contribution >= 0.6 is 0 Å². The Morgan fingerprint density at radius 2 is 1.71 bits per heavy atom. The number of rotatable bonds is 5. The van der Waals surface area contributed by atoms with Crippen molar-refractivity contribution in [3.63, 3.8) is 0 Å². The summed E-state index contributed by atoms with van der Waals surface area (Å²) in [7, 11) is 0. The molecule has 0 spiro atoms. The molecule has 0 N–H and O–H groups in total. The van der Waals surface area contributed by atoms with Crippen molar-refractivity contribution in [3.05, 3.63) is 70.0 Å². The third-order valence-electron chi connectivity index (χ3n) is 2.86. The highest BCUT2D eigenvalue weighted by Crippen LogP contribution is 2.19. The molecule has 0 unspecified atom stereocenters. The molecule has 6 heteroatoms. The average molecular weight is 289 g/mol. The van der Waals surface area contributed by atoms with Crippen LogP contribution in [0.1, 0.15) is 17.3 Å². The van der Waals surface area contributed by atoms with Gasteiger partial charge in [-0.2, -0.15) is 0 Å². The summed E-state index contributed by atoms with van der Waals surface area (Å²) in [5, 5.41) is 10.5. The van der Waals surface area contributed by atoms with Crippen LogP contribution in [0.4, 0.5) is 10.1 Å². The lowest BCUT2D eigenvalue weighted by atomic mass is 10.1. The van der Waals surface area contributed by atoms with Crippen LogP contribution in [0.3, 0.4) is 0 Å². The molecule has 0 radical (unpaired) electrons. The monoisotopic (exact) mass is 289 g/mol. The van der Waals surface area contributed by atoms with Gasteiger partial charge in [-0.1, -0.05) is 0 Å². The van der Waals surface area contributed by atoms with Crippen LogP contribution in [0.15, 0.2) is 48.5 Å². The smallest absolute Gasteiger partial charge is 0.269 e. The summed E-state index contributed by atoms with van der Waals surface area (Å²) >= 11 is 0. The van der Waals surface area contributed by atoms with E-state index < -0.39 is 16.8 Å². The summed E-state index contributed by atoms with van der Waals surface area (Å²) in [6.45, 7) is 1.56. The minimum absolute atomic E-state index is 0.0557. The van der Waals surface area contributed by atoms with Crippen molar-refractivity contribution in [3.8, 4) is 5.75 Å². The number of hydrogen-bond acceptors (Lipinski definition) is 4. The maximum Gasteiger partial charge on any atom is 0.269 e. The molecule has 0 aromatic heterocycles. The maximum absolute atomic E-state index is 12.8. The molecule has 1 atom stereocenters. The number of halogens is 1. The van der Waals surface area contributed by atoms with Crippen molar-refractivity contribution in [1.29, 1.82) is 0 Å². The van der Waals surface area contributed by atoms with Crippen LogP contribution in [0.25, 0.3) is 0 Å². The van der Waals surface area contributed by atoms with Crippen LogP contribution in [0.2, 0.25) is 0 Å². The second kappa shape index (κ2) is 6.13. The van der Waals surface area contributed by atoms with Gasteiger partial charge in [0, 0.05) is 17.7 Å². The number of carbonyl (C=O) groups is 1. The molecule has 21 heavy (non-hydrogen) atoms. The molecule has 0 saturated carbocycles. The maximum atomic E-state index is 12.8. The highest BCUT2D eigenvalue weighted by atomic mass is 19.1. The first-order chi connectivity index (χ1) is 9.97. The number of Topliss-reactive ketones (excluding diaryl/α,β-unsaturated/α-hetero) is 1. The van der Waals surface area contributed by atoms with Gasteiger partial charge in [-0.05, 0) is 43.3 Å². The number of nitro groups is 1. The molecule has 2 aromatic carbocycles. The highest BCUT2D eigenvalue weighted by Gasteiger charge is 2.17. The van der Waals surface area contributed by atoms with E-state index in [1.165, 1.54) is 48.5 Å². The molecule has 108 valence electrons. The second-order valence-corrected chi connectivity index (χ2v) is 4.38. The topological polar surface area (TPSA) is 69.4 Å². The van der Waals surface area contributed by atoms with Gasteiger partial charge in [0.15, 0.2) is 6.10 Å². The number of benzene rings is 2. The van der Waals surface area contributed by atoms with Gasteiger partial charge in [0.1, 0.15) is 11.6 Å². The van der Waals surface area contributed by atoms with Crippen molar-refractivity contribution in [2.45, 2.75) is 13.0 Å². The summed E-state index contributed by atoms with van der Waals surface area (Å²) in [6, 6.07) is 10.6. The van der Waals surface area contributed by atoms with E-state index in [1.54, 1.807) is 6.92 Å². The number of carbonyl (C=O) groups excluding carboxylic acids is 1. The lowest BCUT2D eigenvalue weighted by Gasteiger charge is -2.13. The number of nitro benzene ring substituents is 1. The van der Waals surface area contributed by atoms with E-state index in [2.05, 4.69) is 0 Å². The van der Waals surface area contributed by atoms with Gasteiger partial charge in [0.05, 0.1) is 4.92 Å². The highest BCUT2D eigenvalue weighted by molar-refractivity contribution is 5.99. The average Bonchev–Trinajstić information content (AvgIpc) is 2.47. The molecule has 2 rings (SSSR count). The van der Waals surface area contributed by atoms with Crippen molar-refractivity contribution >= 4 is 11.5 Å². The summed E-state index contributed by atoms with van der Waals surface area (Å²) in [5.41, 5.74) is 0.283. The zero-order chi connectivity index (χ0) is 15.4.